The van der Waals surface area contributed by atoms with Gasteiger partial charge >= 0.3 is 6.00 Å². The Balaban J connectivity index is 2.46. The maximum absolute atomic E-state index is 5.94. The van der Waals surface area contributed by atoms with E-state index in [1.807, 2.05) is 12.2 Å². The van der Waals surface area contributed by atoms with Crippen LogP contribution >= 0.6 is 33.2 Å². The summed E-state index contributed by atoms with van der Waals surface area (Å²) in [5.41, 5.74) is 0.939. The zero-order chi connectivity index (χ0) is 8.82. The topological polar surface area (TPSA) is 24.4 Å². The predicted octanol–water partition coefficient (Wildman–Crippen LogP) is 2.00. The van der Waals surface area contributed by atoms with Gasteiger partial charge in [0.05, 0.1) is 0 Å². The Labute approximate surface area is 85.0 Å². The van der Waals surface area contributed by atoms with Gasteiger partial charge in [-0.3, -0.25) is 4.99 Å². The zero-order valence-corrected chi connectivity index (χ0v) is 9.16. The van der Waals surface area contributed by atoms with Crippen molar-refractivity contribution in [2.24, 2.45) is 4.99 Å². The van der Waals surface area contributed by atoms with Gasteiger partial charge in [0.2, 0.25) is 0 Å². The standard InChI is InChI=1S/C6H5Cl3N2Si/c7-12(8,9)6-5(1-3-10-6)2-4-11-6/h1-4,10H. The van der Waals surface area contributed by atoms with E-state index in [0.717, 1.165) is 5.57 Å². The molecule has 64 valence electrons. The molecule has 0 amide bonds. The van der Waals surface area contributed by atoms with E-state index in [4.69, 9.17) is 33.2 Å². The second-order valence-electron chi connectivity index (χ2n) is 2.59. The van der Waals surface area contributed by atoms with Crippen molar-refractivity contribution in [1.29, 1.82) is 0 Å². The minimum absolute atomic E-state index is 0.752. The summed E-state index contributed by atoms with van der Waals surface area (Å²) >= 11 is 17.8. The van der Waals surface area contributed by atoms with Gasteiger partial charge in [0.25, 0.3) is 0 Å². The highest BCUT2D eigenvalue weighted by Crippen LogP contribution is 2.43. The normalized spacial score (nSPS) is 31.8. The van der Waals surface area contributed by atoms with Crippen LogP contribution < -0.4 is 5.32 Å². The molecule has 2 aliphatic heterocycles. The number of nitrogens with zero attached hydrogens (tertiary/aromatic N) is 1. The van der Waals surface area contributed by atoms with Crippen molar-refractivity contribution in [1.82, 2.24) is 5.32 Å². The summed E-state index contributed by atoms with van der Waals surface area (Å²) in [7, 11) is 0. The molecule has 1 atom stereocenters. The van der Waals surface area contributed by atoms with Crippen molar-refractivity contribution in [3.05, 3.63) is 23.9 Å². The van der Waals surface area contributed by atoms with Crippen LogP contribution in [0.5, 0.6) is 0 Å². The molecule has 1 N–H and O–H groups in total. The van der Waals surface area contributed by atoms with Crippen LogP contribution in [0.1, 0.15) is 0 Å². The molecule has 2 heterocycles. The van der Waals surface area contributed by atoms with Crippen LogP contribution in [0.2, 0.25) is 0 Å². The Morgan fingerprint density at radius 1 is 1.42 bits per heavy atom. The fourth-order valence-corrected chi connectivity index (χ4v) is 4.17. The predicted molar refractivity (Wildman–Crippen MR) is 54.9 cm³/mol. The minimum Gasteiger partial charge on any atom is -0.363 e. The van der Waals surface area contributed by atoms with Gasteiger partial charge in [0.1, 0.15) is 0 Å². The summed E-state index contributed by atoms with van der Waals surface area (Å²) in [4.78, 5) is 4.18. The summed E-state index contributed by atoms with van der Waals surface area (Å²) in [5.74, 6) is 0. The lowest BCUT2D eigenvalue weighted by atomic mass is 10.2. The highest BCUT2D eigenvalue weighted by Gasteiger charge is 2.56. The number of rotatable bonds is 1. The SMILES string of the molecule is Cl[Si](Cl)(Cl)C12N=CC=C1C=CN2. The van der Waals surface area contributed by atoms with E-state index in [9.17, 15) is 0 Å². The Morgan fingerprint density at radius 2 is 2.17 bits per heavy atom. The van der Waals surface area contributed by atoms with Gasteiger partial charge < -0.3 is 5.32 Å². The molecule has 0 saturated heterocycles. The van der Waals surface area contributed by atoms with Gasteiger partial charge in [-0.05, 0) is 18.4 Å². The first-order valence-electron chi connectivity index (χ1n) is 3.33. The van der Waals surface area contributed by atoms with Crippen molar-refractivity contribution in [2.45, 2.75) is 5.29 Å². The molecule has 0 aliphatic carbocycles. The maximum atomic E-state index is 5.94. The van der Waals surface area contributed by atoms with E-state index in [2.05, 4.69) is 10.3 Å². The third-order valence-corrected chi connectivity index (χ3v) is 5.75. The lowest BCUT2D eigenvalue weighted by Crippen LogP contribution is -2.53. The van der Waals surface area contributed by atoms with Crippen LogP contribution in [0.3, 0.4) is 0 Å². The molecular weight excluding hydrogens is 235 g/mol. The molecule has 0 aromatic heterocycles. The molecule has 0 aromatic rings. The van der Waals surface area contributed by atoms with E-state index in [1.165, 1.54) is 0 Å². The lowest BCUT2D eigenvalue weighted by molar-refractivity contribution is 0.667. The van der Waals surface area contributed by atoms with Crippen molar-refractivity contribution < 1.29 is 0 Å². The van der Waals surface area contributed by atoms with Crippen molar-refractivity contribution in [2.75, 3.05) is 0 Å². The first-order valence-corrected chi connectivity index (χ1v) is 8.37. The fraction of sp³-hybridized carbons (Fsp3) is 0.167. The van der Waals surface area contributed by atoms with Crippen LogP contribution in [0.4, 0.5) is 0 Å². The molecule has 0 spiro atoms. The number of nitrogens with one attached hydrogen (secondary N) is 1. The second kappa shape index (κ2) is 2.51. The van der Waals surface area contributed by atoms with E-state index in [-0.39, 0.29) is 0 Å². The summed E-state index contributed by atoms with van der Waals surface area (Å²) in [6, 6.07) is -2.90. The summed E-state index contributed by atoms with van der Waals surface area (Å²) in [6.07, 6.45) is 7.16. The average molecular weight is 240 g/mol. The molecule has 0 saturated carbocycles. The molecule has 1 unspecified atom stereocenters. The molecule has 2 nitrogen and oxygen atoms in total. The Hall–Kier alpha value is 0.0369. The smallest absolute Gasteiger partial charge is 0.363 e. The van der Waals surface area contributed by atoms with Crippen molar-refractivity contribution >= 4 is 45.5 Å². The number of aliphatic imine (C=N–C) groups is 1. The van der Waals surface area contributed by atoms with Crippen LogP contribution in [-0.4, -0.2) is 17.5 Å². The molecule has 0 aromatic carbocycles. The number of halogens is 3. The zero-order valence-electron chi connectivity index (χ0n) is 5.89. The highest BCUT2D eigenvalue weighted by molar-refractivity contribution is 7.66. The Bertz CT molecular complexity index is 304. The van der Waals surface area contributed by atoms with E-state index >= 15 is 0 Å². The van der Waals surface area contributed by atoms with Crippen LogP contribution in [0.25, 0.3) is 0 Å². The molecular formula is C6H5Cl3N2Si. The third-order valence-electron chi connectivity index (χ3n) is 1.91. The van der Waals surface area contributed by atoms with E-state index < -0.39 is 11.3 Å². The quantitative estimate of drug-likeness (QED) is 0.549. The van der Waals surface area contributed by atoms with Gasteiger partial charge in [-0.25, -0.2) is 0 Å². The number of fused-ring (bicyclic) bond motifs is 1. The van der Waals surface area contributed by atoms with Gasteiger partial charge in [0.15, 0.2) is 5.29 Å². The first-order chi connectivity index (χ1) is 5.56. The molecule has 0 bridgehead atoms. The largest absolute Gasteiger partial charge is 0.394 e. The monoisotopic (exact) mass is 238 g/mol. The van der Waals surface area contributed by atoms with Gasteiger partial charge in [-0.1, -0.05) is 0 Å². The van der Waals surface area contributed by atoms with Crippen LogP contribution in [0.15, 0.2) is 28.9 Å². The van der Waals surface area contributed by atoms with Gasteiger partial charge in [0, 0.05) is 11.8 Å². The Morgan fingerprint density at radius 3 is 2.75 bits per heavy atom. The molecule has 6 heteroatoms. The number of allylic oxidation sites excluding steroid dienone is 1. The van der Waals surface area contributed by atoms with Gasteiger partial charge in [-0.2, -0.15) is 0 Å². The highest BCUT2D eigenvalue weighted by atomic mass is 35.8. The average Bonchev–Trinajstić information content (AvgIpc) is 2.37. The van der Waals surface area contributed by atoms with Crippen LogP contribution in [-0.2, 0) is 0 Å². The third kappa shape index (κ3) is 0.972. The van der Waals surface area contributed by atoms with Gasteiger partial charge in [-0.15, -0.1) is 33.2 Å². The summed E-state index contributed by atoms with van der Waals surface area (Å²) in [6.45, 7) is 0. The fourth-order valence-electron chi connectivity index (χ4n) is 1.29. The number of hydrogen-bond donors (Lipinski definition) is 1. The van der Waals surface area contributed by atoms with Crippen molar-refractivity contribution in [3.63, 3.8) is 0 Å². The molecule has 0 fully saturated rings. The minimum atomic E-state index is -2.90. The van der Waals surface area contributed by atoms with E-state index in [0.29, 0.717) is 0 Å². The number of hydrogen-bond acceptors (Lipinski definition) is 2. The molecule has 2 rings (SSSR count). The molecule has 0 radical (unpaired) electrons. The molecule has 12 heavy (non-hydrogen) atoms. The second-order valence-corrected chi connectivity index (χ2v) is 11.1. The maximum Gasteiger partial charge on any atom is 0.394 e. The molecule has 2 aliphatic rings. The van der Waals surface area contributed by atoms with E-state index in [1.54, 1.807) is 12.4 Å². The van der Waals surface area contributed by atoms with Crippen LogP contribution in [0, 0.1) is 0 Å². The van der Waals surface area contributed by atoms with Crippen molar-refractivity contribution in [3.8, 4) is 0 Å². The summed E-state index contributed by atoms with van der Waals surface area (Å²) < 4.78 is 0. The summed E-state index contributed by atoms with van der Waals surface area (Å²) in [5, 5.41) is 2.24. The lowest BCUT2D eigenvalue weighted by Gasteiger charge is -2.29. The first kappa shape index (κ1) is 8.63. The Kier molecular flexibility index (Phi) is 1.81.